The Morgan fingerprint density at radius 2 is 1.40 bits per heavy atom. The van der Waals surface area contributed by atoms with Crippen molar-refractivity contribution in [2.24, 2.45) is 5.73 Å². The van der Waals surface area contributed by atoms with Crippen molar-refractivity contribution in [3.05, 3.63) is 132 Å². The van der Waals surface area contributed by atoms with Gasteiger partial charge < -0.3 is 16.4 Å². The third-order valence-corrected chi connectivity index (χ3v) is 6.59. The molecule has 2 heterocycles. The molecule has 0 fully saturated rings. The molecule has 8 heteroatoms. The van der Waals surface area contributed by atoms with Crippen LogP contribution in [0.4, 0.5) is 21.7 Å². The molecule has 0 saturated heterocycles. The number of benzene rings is 4. The van der Waals surface area contributed by atoms with Crippen molar-refractivity contribution in [3.63, 3.8) is 0 Å². The molecule has 4 N–H and O–H groups in total. The lowest BCUT2D eigenvalue weighted by Gasteiger charge is -2.12. The second kappa shape index (κ2) is 10.8. The molecule has 1 amide bonds. The highest BCUT2D eigenvalue weighted by atomic mass is 19.1. The van der Waals surface area contributed by atoms with Gasteiger partial charge in [-0.15, -0.1) is 0 Å². The van der Waals surface area contributed by atoms with Gasteiger partial charge in [0.25, 0.3) is 5.91 Å². The number of rotatable bonds is 7. The fourth-order valence-electron chi connectivity index (χ4n) is 4.40. The van der Waals surface area contributed by atoms with E-state index in [1.54, 1.807) is 35.0 Å². The van der Waals surface area contributed by atoms with E-state index in [-0.39, 0.29) is 11.7 Å². The molecule has 0 bridgehead atoms. The quantitative estimate of drug-likeness (QED) is 0.215. The van der Waals surface area contributed by atoms with E-state index >= 15 is 0 Å². The zero-order valence-corrected chi connectivity index (χ0v) is 21.4. The number of nitrogens with two attached hydrogens (primary N) is 1. The molecule has 4 aromatic carbocycles. The lowest BCUT2D eigenvalue weighted by Crippen LogP contribution is -2.12. The molecule has 0 aliphatic heterocycles. The first-order chi connectivity index (χ1) is 19.6. The molecule has 7 nitrogen and oxygen atoms in total. The highest BCUT2D eigenvalue weighted by molar-refractivity contribution is 6.04. The summed E-state index contributed by atoms with van der Waals surface area (Å²) >= 11 is 0. The SMILES string of the molecule is NCc1ccc(C(=O)Nc2ccc(Nc3nc(-c4ccc(-c5ccc(F)cc5)cc4)cc4ccnn34)cc2)cc1. The molecule has 0 unspecified atom stereocenters. The smallest absolute Gasteiger partial charge is 0.255 e. The number of fused-ring (bicyclic) bond motifs is 1. The minimum absolute atomic E-state index is 0.192. The summed E-state index contributed by atoms with van der Waals surface area (Å²) < 4.78 is 15.0. The Morgan fingerprint density at radius 3 is 2.08 bits per heavy atom. The van der Waals surface area contributed by atoms with E-state index < -0.39 is 0 Å². The van der Waals surface area contributed by atoms with Crippen LogP contribution in [-0.2, 0) is 6.54 Å². The van der Waals surface area contributed by atoms with Crippen molar-refractivity contribution in [1.29, 1.82) is 0 Å². The lowest BCUT2D eigenvalue weighted by atomic mass is 10.0. The third kappa shape index (κ3) is 5.29. The standard InChI is InChI=1S/C32H25FN6O/c33-26-11-9-23(10-12-26)22-5-7-24(8-6-22)30-19-29-17-18-35-39(29)32(38-30)37-28-15-13-27(14-16-28)36-31(40)25-3-1-21(20-34)2-4-25/h1-19H,20,34H2,(H,36,40)(H,37,38). The van der Waals surface area contributed by atoms with Gasteiger partial charge in [-0.3, -0.25) is 4.79 Å². The number of anilines is 3. The summed E-state index contributed by atoms with van der Waals surface area (Å²) in [6.07, 6.45) is 1.72. The Kier molecular flexibility index (Phi) is 6.74. The molecule has 0 radical (unpaired) electrons. The Balaban J connectivity index is 1.20. The number of carbonyl (C=O) groups is 1. The number of nitrogens with zero attached hydrogens (tertiary/aromatic N) is 3. The van der Waals surface area contributed by atoms with Gasteiger partial charge in [-0.05, 0) is 77.4 Å². The molecule has 6 aromatic rings. The lowest BCUT2D eigenvalue weighted by molar-refractivity contribution is 0.102. The van der Waals surface area contributed by atoms with E-state index in [1.165, 1.54) is 12.1 Å². The number of aromatic nitrogens is 3. The molecule has 0 aliphatic rings. The summed E-state index contributed by atoms with van der Waals surface area (Å²) in [6, 6.07) is 32.9. The minimum atomic E-state index is -0.257. The molecular weight excluding hydrogens is 503 g/mol. The number of halogens is 1. The summed E-state index contributed by atoms with van der Waals surface area (Å²) in [5.74, 6) is 0.103. The van der Waals surface area contributed by atoms with Crippen molar-refractivity contribution in [2.75, 3.05) is 10.6 Å². The van der Waals surface area contributed by atoms with Crippen LogP contribution in [-0.4, -0.2) is 20.5 Å². The van der Waals surface area contributed by atoms with Gasteiger partial charge in [0, 0.05) is 29.0 Å². The molecular formula is C32H25FN6O. The van der Waals surface area contributed by atoms with Crippen LogP contribution < -0.4 is 16.4 Å². The molecule has 196 valence electrons. The molecule has 0 atom stereocenters. The van der Waals surface area contributed by atoms with Crippen LogP contribution in [0.1, 0.15) is 15.9 Å². The Hall–Kier alpha value is -5.34. The second-order valence-corrected chi connectivity index (χ2v) is 9.27. The highest BCUT2D eigenvalue weighted by Gasteiger charge is 2.11. The van der Waals surface area contributed by atoms with Crippen LogP contribution in [0.5, 0.6) is 0 Å². The first-order valence-electron chi connectivity index (χ1n) is 12.7. The summed E-state index contributed by atoms with van der Waals surface area (Å²) in [6.45, 7) is 0.433. The van der Waals surface area contributed by atoms with Gasteiger partial charge in [-0.25, -0.2) is 13.9 Å². The van der Waals surface area contributed by atoms with E-state index in [1.807, 2.05) is 72.8 Å². The highest BCUT2D eigenvalue weighted by Crippen LogP contribution is 2.27. The van der Waals surface area contributed by atoms with Gasteiger partial charge in [0.1, 0.15) is 5.82 Å². The van der Waals surface area contributed by atoms with Crippen molar-refractivity contribution in [3.8, 4) is 22.4 Å². The van der Waals surface area contributed by atoms with E-state index in [9.17, 15) is 9.18 Å². The van der Waals surface area contributed by atoms with Crippen LogP contribution in [0.15, 0.2) is 115 Å². The van der Waals surface area contributed by atoms with Crippen LogP contribution in [0, 0.1) is 5.82 Å². The molecule has 40 heavy (non-hydrogen) atoms. The average Bonchev–Trinajstić information content (AvgIpc) is 3.48. The van der Waals surface area contributed by atoms with Crippen LogP contribution in [0.3, 0.4) is 0 Å². The zero-order valence-electron chi connectivity index (χ0n) is 21.4. The summed E-state index contributed by atoms with van der Waals surface area (Å²) in [5.41, 5.74) is 13.2. The molecule has 2 aromatic heterocycles. The topological polar surface area (TPSA) is 97.3 Å². The Labute approximate surface area is 230 Å². The largest absolute Gasteiger partial charge is 0.326 e. The predicted octanol–water partition coefficient (Wildman–Crippen LogP) is 6.66. The van der Waals surface area contributed by atoms with Crippen LogP contribution in [0.2, 0.25) is 0 Å². The molecule has 0 saturated carbocycles. The van der Waals surface area contributed by atoms with E-state index in [0.717, 1.165) is 39.2 Å². The first kappa shape index (κ1) is 25.0. The number of amides is 1. The molecule has 0 spiro atoms. The van der Waals surface area contributed by atoms with Crippen molar-refractivity contribution >= 4 is 28.7 Å². The Bertz CT molecular complexity index is 1780. The first-order valence-corrected chi connectivity index (χ1v) is 12.7. The summed E-state index contributed by atoms with van der Waals surface area (Å²) in [7, 11) is 0. The van der Waals surface area contributed by atoms with Gasteiger partial charge >= 0.3 is 0 Å². The predicted molar refractivity (Wildman–Crippen MR) is 156 cm³/mol. The summed E-state index contributed by atoms with van der Waals surface area (Å²) in [5, 5.41) is 10.7. The van der Waals surface area contributed by atoms with Crippen molar-refractivity contribution in [2.45, 2.75) is 6.54 Å². The number of hydrogen-bond acceptors (Lipinski definition) is 5. The fourth-order valence-corrected chi connectivity index (χ4v) is 4.40. The fraction of sp³-hybridized carbons (Fsp3) is 0.0312. The Morgan fingerprint density at radius 1 is 0.775 bits per heavy atom. The second-order valence-electron chi connectivity index (χ2n) is 9.27. The summed E-state index contributed by atoms with van der Waals surface area (Å²) in [4.78, 5) is 17.4. The van der Waals surface area contributed by atoms with Crippen molar-refractivity contribution in [1.82, 2.24) is 14.6 Å². The van der Waals surface area contributed by atoms with E-state index in [2.05, 4.69) is 15.7 Å². The number of hydrogen-bond donors (Lipinski definition) is 3. The van der Waals surface area contributed by atoms with E-state index in [4.69, 9.17) is 10.7 Å². The van der Waals surface area contributed by atoms with Crippen LogP contribution >= 0.6 is 0 Å². The maximum Gasteiger partial charge on any atom is 0.255 e. The average molecular weight is 529 g/mol. The number of nitrogens with one attached hydrogen (secondary N) is 2. The van der Waals surface area contributed by atoms with Gasteiger partial charge in [0.15, 0.2) is 0 Å². The monoisotopic (exact) mass is 528 g/mol. The van der Waals surface area contributed by atoms with Gasteiger partial charge in [0.05, 0.1) is 17.4 Å². The van der Waals surface area contributed by atoms with Gasteiger partial charge in [0.2, 0.25) is 5.95 Å². The van der Waals surface area contributed by atoms with Gasteiger partial charge in [-0.1, -0.05) is 48.5 Å². The van der Waals surface area contributed by atoms with Crippen LogP contribution in [0.25, 0.3) is 27.9 Å². The maximum absolute atomic E-state index is 13.3. The minimum Gasteiger partial charge on any atom is -0.326 e. The molecule has 0 aliphatic carbocycles. The third-order valence-electron chi connectivity index (χ3n) is 6.59. The zero-order chi connectivity index (χ0) is 27.5. The van der Waals surface area contributed by atoms with Gasteiger partial charge in [-0.2, -0.15) is 5.10 Å². The van der Waals surface area contributed by atoms with Crippen molar-refractivity contribution < 1.29 is 9.18 Å². The number of carbonyl (C=O) groups excluding carboxylic acids is 1. The normalized spacial score (nSPS) is 10.9. The van der Waals surface area contributed by atoms with E-state index in [0.29, 0.717) is 23.7 Å². The molecule has 6 rings (SSSR count). The maximum atomic E-state index is 13.3.